The number of carbonyl (C=O) groups excluding carboxylic acids is 1. The average molecular weight is 314 g/mol. The van der Waals surface area contributed by atoms with Crippen molar-refractivity contribution in [2.24, 2.45) is 0 Å². The number of nitrogens with one attached hydrogen (secondary N) is 1. The zero-order valence-corrected chi connectivity index (χ0v) is 14.0. The molecule has 1 aromatic heterocycles. The van der Waals surface area contributed by atoms with Crippen LogP contribution < -0.4 is 10.2 Å². The molecule has 0 aliphatic rings. The van der Waals surface area contributed by atoms with Crippen LogP contribution in [-0.2, 0) is 4.74 Å². The minimum atomic E-state index is -0.373. The lowest BCUT2D eigenvalue weighted by atomic mass is 10.2. The van der Waals surface area contributed by atoms with Crippen molar-refractivity contribution < 1.29 is 9.53 Å². The highest BCUT2D eigenvalue weighted by molar-refractivity contribution is 5.90. The van der Waals surface area contributed by atoms with Crippen LogP contribution in [0.3, 0.4) is 0 Å². The number of methoxy groups -OCH3 is 1. The van der Waals surface area contributed by atoms with Gasteiger partial charge in [0.25, 0.3) is 0 Å². The number of anilines is 3. The molecule has 1 N–H and O–H groups in total. The van der Waals surface area contributed by atoms with Gasteiger partial charge in [0.2, 0.25) is 5.95 Å². The van der Waals surface area contributed by atoms with E-state index >= 15 is 0 Å². The van der Waals surface area contributed by atoms with E-state index < -0.39 is 0 Å². The van der Waals surface area contributed by atoms with E-state index in [9.17, 15) is 4.79 Å². The zero-order valence-electron chi connectivity index (χ0n) is 14.0. The first kappa shape index (κ1) is 16.7. The number of benzene rings is 1. The first-order valence-corrected chi connectivity index (χ1v) is 7.63. The van der Waals surface area contributed by atoms with Gasteiger partial charge in [-0.2, -0.15) is 4.98 Å². The molecule has 2 aromatic rings. The van der Waals surface area contributed by atoms with Gasteiger partial charge < -0.3 is 15.0 Å². The van der Waals surface area contributed by atoms with Crippen molar-refractivity contribution >= 4 is 23.4 Å². The number of carbonyl (C=O) groups is 1. The highest BCUT2D eigenvalue weighted by Gasteiger charge is 2.09. The van der Waals surface area contributed by atoms with E-state index in [-0.39, 0.29) is 5.97 Å². The minimum Gasteiger partial charge on any atom is -0.465 e. The molecule has 2 rings (SSSR count). The first-order valence-electron chi connectivity index (χ1n) is 7.63. The summed E-state index contributed by atoms with van der Waals surface area (Å²) in [5.74, 6) is 1.02. The topological polar surface area (TPSA) is 67.4 Å². The third kappa shape index (κ3) is 4.18. The fourth-order valence-corrected chi connectivity index (χ4v) is 2.29. The number of nitrogens with zero attached hydrogens (tertiary/aromatic N) is 3. The number of ether oxygens (including phenoxy) is 1. The second-order valence-electron chi connectivity index (χ2n) is 5.06. The lowest BCUT2D eigenvalue weighted by Gasteiger charge is -2.20. The highest BCUT2D eigenvalue weighted by Crippen LogP contribution is 2.19. The molecule has 0 aliphatic heterocycles. The zero-order chi connectivity index (χ0) is 16.8. The van der Waals surface area contributed by atoms with E-state index in [1.807, 2.05) is 19.1 Å². The Balaban J connectivity index is 2.28. The van der Waals surface area contributed by atoms with Crippen LogP contribution in [0.5, 0.6) is 0 Å². The van der Waals surface area contributed by atoms with Crippen molar-refractivity contribution in [3.63, 3.8) is 0 Å². The van der Waals surface area contributed by atoms with Gasteiger partial charge in [0, 0.05) is 30.5 Å². The fraction of sp³-hybridized carbons (Fsp3) is 0.353. The van der Waals surface area contributed by atoms with Gasteiger partial charge in [-0.1, -0.05) is 6.07 Å². The normalized spacial score (nSPS) is 10.3. The van der Waals surface area contributed by atoms with Crippen molar-refractivity contribution in [3.05, 3.63) is 41.6 Å². The fourth-order valence-electron chi connectivity index (χ4n) is 2.29. The maximum absolute atomic E-state index is 11.6. The highest BCUT2D eigenvalue weighted by atomic mass is 16.5. The quantitative estimate of drug-likeness (QED) is 0.826. The minimum absolute atomic E-state index is 0.373. The molecule has 0 aliphatic carbocycles. The molecule has 6 heteroatoms. The standard InChI is InChI=1S/C17H22N4O2/c1-5-21(6-2)15-10-12(3)18-17(20-15)19-14-9-7-8-13(11-14)16(22)23-4/h7-11H,5-6H2,1-4H3,(H,18,19,20). The third-order valence-corrected chi connectivity index (χ3v) is 3.47. The summed E-state index contributed by atoms with van der Waals surface area (Å²) >= 11 is 0. The third-order valence-electron chi connectivity index (χ3n) is 3.47. The Labute approximate surface area is 136 Å². The maximum Gasteiger partial charge on any atom is 0.337 e. The van der Waals surface area contributed by atoms with Crippen LogP contribution in [0.15, 0.2) is 30.3 Å². The molecule has 0 amide bonds. The summed E-state index contributed by atoms with van der Waals surface area (Å²) < 4.78 is 4.74. The molecule has 23 heavy (non-hydrogen) atoms. The number of hydrogen-bond acceptors (Lipinski definition) is 6. The molecular weight excluding hydrogens is 292 g/mol. The largest absolute Gasteiger partial charge is 0.465 e. The van der Waals surface area contributed by atoms with Gasteiger partial charge in [0.05, 0.1) is 12.7 Å². The molecule has 1 heterocycles. The van der Waals surface area contributed by atoms with Crippen LogP contribution in [0.4, 0.5) is 17.5 Å². The van der Waals surface area contributed by atoms with E-state index in [1.165, 1.54) is 7.11 Å². The number of rotatable bonds is 6. The maximum atomic E-state index is 11.6. The second-order valence-corrected chi connectivity index (χ2v) is 5.06. The lowest BCUT2D eigenvalue weighted by Crippen LogP contribution is -2.23. The van der Waals surface area contributed by atoms with Crippen LogP contribution in [0.25, 0.3) is 0 Å². The smallest absolute Gasteiger partial charge is 0.337 e. The van der Waals surface area contributed by atoms with Gasteiger partial charge in [0.15, 0.2) is 0 Å². The molecule has 0 atom stereocenters. The second kappa shape index (κ2) is 7.58. The lowest BCUT2D eigenvalue weighted by molar-refractivity contribution is 0.0601. The molecule has 0 radical (unpaired) electrons. The van der Waals surface area contributed by atoms with Crippen molar-refractivity contribution in [1.29, 1.82) is 0 Å². The van der Waals surface area contributed by atoms with E-state index in [2.05, 4.69) is 34.0 Å². The van der Waals surface area contributed by atoms with E-state index in [0.717, 1.165) is 30.3 Å². The van der Waals surface area contributed by atoms with Gasteiger partial charge >= 0.3 is 5.97 Å². The van der Waals surface area contributed by atoms with Crippen LogP contribution in [-0.4, -0.2) is 36.1 Å². The molecule has 0 unspecified atom stereocenters. The molecule has 0 spiro atoms. The van der Waals surface area contributed by atoms with Crippen LogP contribution in [0.2, 0.25) is 0 Å². The molecule has 1 aromatic carbocycles. The van der Waals surface area contributed by atoms with Crippen molar-refractivity contribution in [1.82, 2.24) is 9.97 Å². The Hall–Kier alpha value is -2.63. The monoisotopic (exact) mass is 314 g/mol. The van der Waals surface area contributed by atoms with Gasteiger partial charge in [-0.05, 0) is 39.0 Å². The molecule has 0 saturated heterocycles. The summed E-state index contributed by atoms with van der Waals surface area (Å²) in [7, 11) is 1.36. The predicted molar refractivity (Wildman–Crippen MR) is 91.4 cm³/mol. The van der Waals surface area contributed by atoms with E-state index in [1.54, 1.807) is 18.2 Å². The number of esters is 1. The summed E-state index contributed by atoms with van der Waals surface area (Å²) in [5.41, 5.74) is 2.10. The number of aromatic nitrogens is 2. The summed E-state index contributed by atoms with van der Waals surface area (Å²) in [6, 6.07) is 9.03. The van der Waals surface area contributed by atoms with E-state index in [0.29, 0.717) is 11.5 Å². The Morgan fingerprint density at radius 2 is 1.96 bits per heavy atom. The molecule has 0 fully saturated rings. The molecule has 0 saturated carbocycles. The Bertz CT molecular complexity index is 684. The molecule has 0 bridgehead atoms. The van der Waals surface area contributed by atoms with Gasteiger partial charge in [0.1, 0.15) is 5.82 Å². The van der Waals surface area contributed by atoms with Crippen molar-refractivity contribution in [2.75, 3.05) is 30.4 Å². The predicted octanol–water partition coefficient (Wildman–Crippen LogP) is 3.16. The van der Waals surface area contributed by atoms with E-state index in [4.69, 9.17) is 4.74 Å². The van der Waals surface area contributed by atoms with Gasteiger partial charge in [-0.3, -0.25) is 0 Å². The number of aryl methyl sites for hydroxylation is 1. The van der Waals surface area contributed by atoms with Gasteiger partial charge in [-0.25, -0.2) is 9.78 Å². The van der Waals surface area contributed by atoms with Gasteiger partial charge in [-0.15, -0.1) is 0 Å². The van der Waals surface area contributed by atoms with Crippen molar-refractivity contribution in [2.45, 2.75) is 20.8 Å². The molecule has 122 valence electrons. The number of hydrogen-bond donors (Lipinski definition) is 1. The summed E-state index contributed by atoms with van der Waals surface area (Å²) in [4.78, 5) is 22.7. The Morgan fingerprint density at radius 3 is 2.61 bits per heavy atom. The average Bonchev–Trinajstić information content (AvgIpc) is 2.55. The Kier molecular flexibility index (Phi) is 5.51. The van der Waals surface area contributed by atoms with Crippen LogP contribution >= 0.6 is 0 Å². The van der Waals surface area contributed by atoms with Crippen LogP contribution in [0.1, 0.15) is 29.9 Å². The first-order chi connectivity index (χ1) is 11.1. The summed E-state index contributed by atoms with van der Waals surface area (Å²) in [6.45, 7) is 7.88. The summed E-state index contributed by atoms with van der Waals surface area (Å²) in [6.07, 6.45) is 0. The molecular formula is C17H22N4O2. The Morgan fingerprint density at radius 1 is 1.22 bits per heavy atom. The summed E-state index contributed by atoms with van der Waals surface area (Å²) in [5, 5.41) is 3.15. The van der Waals surface area contributed by atoms with Crippen molar-refractivity contribution in [3.8, 4) is 0 Å². The molecule has 6 nitrogen and oxygen atoms in total. The van der Waals surface area contributed by atoms with Crippen LogP contribution in [0, 0.1) is 6.92 Å². The SMILES string of the molecule is CCN(CC)c1cc(C)nc(Nc2cccc(C(=O)OC)c2)n1.